The molecule has 0 aliphatic heterocycles. The van der Waals surface area contributed by atoms with Crippen molar-refractivity contribution in [3.05, 3.63) is 0 Å². The van der Waals surface area contributed by atoms with Gasteiger partial charge in [-0.3, -0.25) is 0 Å². The molecule has 71 valence electrons. The molecule has 13 heavy (non-hydrogen) atoms. The molecule has 0 aromatic carbocycles. The Balaban J connectivity index is 2.05. The first-order valence-corrected chi connectivity index (χ1v) is 4.94. The van der Waals surface area contributed by atoms with Gasteiger partial charge in [-0.05, 0) is 12.8 Å². The SMILES string of the molecule is C#CCCO/N=[C]/C1CCCCC1. The fraction of sp³-hybridized carbons (Fsp3) is 0.727. The maximum atomic E-state index is 5.06. The molecule has 0 unspecified atom stereocenters. The number of hydrogen-bond donors (Lipinski definition) is 0. The zero-order chi connectivity index (χ0) is 9.36. The van der Waals surface area contributed by atoms with Crippen LogP contribution in [-0.4, -0.2) is 12.8 Å². The molecular weight excluding hydrogens is 162 g/mol. The third-order valence-electron chi connectivity index (χ3n) is 2.24. The van der Waals surface area contributed by atoms with E-state index in [0.29, 0.717) is 18.9 Å². The van der Waals surface area contributed by atoms with E-state index in [4.69, 9.17) is 11.3 Å². The summed E-state index contributed by atoms with van der Waals surface area (Å²) >= 11 is 0. The highest BCUT2D eigenvalue weighted by Crippen LogP contribution is 2.21. The average molecular weight is 178 g/mol. The van der Waals surface area contributed by atoms with E-state index < -0.39 is 0 Å². The highest BCUT2D eigenvalue weighted by atomic mass is 16.6. The Morgan fingerprint density at radius 1 is 1.31 bits per heavy atom. The van der Waals surface area contributed by atoms with Gasteiger partial charge in [0.05, 0.1) is 0 Å². The van der Waals surface area contributed by atoms with Gasteiger partial charge < -0.3 is 4.84 Å². The van der Waals surface area contributed by atoms with E-state index in [1.54, 1.807) is 0 Å². The van der Waals surface area contributed by atoms with Gasteiger partial charge in [0.2, 0.25) is 0 Å². The van der Waals surface area contributed by atoms with Crippen molar-refractivity contribution in [1.82, 2.24) is 0 Å². The molecule has 2 heteroatoms. The van der Waals surface area contributed by atoms with Crippen molar-refractivity contribution in [2.24, 2.45) is 11.1 Å². The Hall–Kier alpha value is -0.970. The van der Waals surface area contributed by atoms with Crippen LogP contribution in [0.1, 0.15) is 38.5 Å². The molecule has 0 heterocycles. The predicted molar refractivity (Wildman–Crippen MR) is 53.4 cm³/mol. The van der Waals surface area contributed by atoms with E-state index in [1.807, 2.05) is 0 Å². The van der Waals surface area contributed by atoms with Gasteiger partial charge in [0, 0.05) is 12.3 Å². The number of terminal acetylenes is 1. The second-order valence-electron chi connectivity index (χ2n) is 3.34. The lowest BCUT2D eigenvalue weighted by molar-refractivity contribution is 0.150. The summed E-state index contributed by atoms with van der Waals surface area (Å²) in [6, 6.07) is 0. The maximum Gasteiger partial charge on any atom is 0.128 e. The highest BCUT2D eigenvalue weighted by Gasteiger charge is 2.11. The lowest BCUT2D eigenvalue weighted by Crippen LogP contribution is -2.07. The summed E-state index contributed by atoms with van der Waals surface area (Å²) < 4.78 is 0. The fourth-order valence-corrected chi connectivity index (χ4v) is 1.49. The van der Waals surface area contributed by atoms with Crippen molar-refractivity contribution in [3.63, 3.8) is 0 Å². The predicted octanol–water partition coefficient (Wildman–Crippen LogP) is 2.47. The molecule has 0 bridgehead atoms. The standard InChI is InChI=1S/C11H16NO/c1-2-3-9-13-12-10-11-7-5-4-6-8-11/h1,11H,3-9H2. The number of hydrogen-bond acceptors (Lipinski definition) is 2. The molecular formula is C11H16NO. The van der Waals surface area contributed by atoms with Crippen molar-refractivity contribution >= 4 is 6.21 Å². The summed E-state index contributed by atoms with van der Waals surface area (Å²) in [6.07, 6.45) is 15.1. The van der Waals surface area contributed by atoms with Crippen LogP contribution in [0.25, 0.3) is 0 Å². The molecule has 0 saturated heterocycles. The zero-order valence-corrected chi connectivity index (χ0v) is 7.96. The molecule has 0 N–H and O–H groups in total. The van der Waals surface area contributed by atoms with Crippen molar-refractivity contribution < 1.29 is 4.84 Å². The van der Waals surface area contributed by atoms with Gasteiger partial charge >= 0.3 is 0 Å². The Morgan fingerprint density at radius 2 is 2.08 bits per heavy atom. The molecule has 0 aromatic rings. The van der Waals surface area contributed by atoms with Crippen LogP contribution >= 0.6 is 0 Å². The van der Waals surface area contributed by atoms with E-state index in [-0.39, 0.29) is 0 Å². The summed E-state index contributed by atoms with van der Waals surface area (Å²) in [7, 11) is 0. The van der Waals surface area contributed by atoms with Gasteiger partial charge in [-0.2, -0.15) is 0 Å². The minimum absolute atomic E-state index is 0.510. The molecule has 0 spiro atoms. The van der Waals surface area contributed by atoms with Crippen molar-refractivity contribution in [2.75, 3.05) is 6.61 Å². The summed E-state index contributed by atoms with van der Waals surface area (Å²) in [5.74, 6) is 3.01. The summed E-state index contributed by atoms with van der Waals surface area (Å²) in [6.45, 7) is 0.510. The highest BCUT2D eigenvalue weighted by molar-refractivity contribution is 5.59. The van der Waals surface area contributed by atoms with Crippen LogP contribution in [0.4, 0.5) is 0 Å². The normalized spacial score (nSPS) is 18.7. The number of rotatable bonds is 4. The van der Waals surface area contributed by atoms with Crippen LogP contribution in [0.5, 0.6) is 0 Å². The average Bonchev–Trinajstić information content (AvgIpc) is 2.19. The lowest BCUT2D eigenvalue weighted by Gasteiger charge is -2.15. The summed E-state index contributed by atoms with van der Waals surface area (Å²) in [4.78, 5) is 4.95. The van der Waals surface area contributed by atoms with Crippen LogP contribution < -0.4 is 0 Å². The second kappa shape index (κ2) is 6.54. The molecule has 0 aromatic heterocycles. The van der Waals surface area contributed by atoms with Crippen LogP contribution in [-0.2, 0) is 4.84 Å². The summed E-state index contributed by atoms with van der Waals surface area (Å²) in [5.41, 5.74) is 0. The van der Waals surface area contributed by atoms with Crippen LogP contribution in [0.15, 0.2) is 5.16 Å². The van der Waals surface area contributed by atoms with Gasteiger partial charge in [0.1, 0.15) is 12.8 Å². The summed E-state index contributed by atoms with van der Waals surface area (Å²) in [5, 5.41) is 3.79. The Morgan fingerprint density at radius 3 is 2.77 bits per heavy atom. The van der Waals surface area contributed by atoms with Crippen molar-refractivity contribution in [2.45, 2.75) is 38.5 Å². The van der Waals surface area contributed by atoms with Gasteiger partial charge in [-0.25, -0.2) is 0 Å². The molecule has 1 rings (SSSR count). The lowest BCUT2D eigenvalue weighted by atomic mass is 9.90. The van der Waals surface area contributed by atoms with Gasteiger partial charge in [0.25, 0.3) is 0 Å². The molecule has 1 saturated carbocycles. The Labute approximate surface area is 80.3 Å². The first-order chi connectivity index (χ1) is 6.43. The molecule has 1 radical (unpaired) electrons. The quantitative estimate of drug-likeness (QED) is 0.280. The van der Waals surface area contributed by atoms with Crippen LogP contribution in [0, 0.1) is 18.3 Å². The van der Waals surface area contributed by atoms with Gasteiger partial charge in [-0.1, -0.05) is 24.4 Å². The molecule has 2 nitrogen and oxygen atoms in total. The molecule has 1 aliphatic rings. The van der Waals surface area contributed by atoms with Crippen molar-refractivity contribution in [1.29, 1.82) is 0 Å². The van der Waals surface area contributed by atoms with E-state index >= 15 is 0 Å². The fourth-order valence-electron chi connectivity index (χ4n) is 1.49. The smallest absolute Gasteiger partial charge is 0.128 e. The zero-order valence-electron chi connectivity index (χ0n) is 7.96. The Kier molecular flexibility index (Phi) is 5.08. The van der Waals surface area contributed by atoms with E-state index in [1.165, 1.54) is 32.1 Å². The first-order valence-electron chi connectivity index (χ1n) is 4.94. The minimum atomic E-state index is 0.510. The molecule has 0 atom stereocenters. The molecule has 1 aliphatic carbocycles. The van der Waals surface area contributed by atoms with Crippen molar-refractivity contribution in [3.8, 4) is 12.3 Å². The van der Waals surface area contributed by atoms with E-state index in [2.05, 4.69) is 17.3 Å². The van der Waals surface area contributed by atoms with Gasteiger partial charge in [0.15, 0.2) is 0 Å². The maximum absolute atomic E-state index is 5.06. The second-order valence-corrected chi connectivity index (χ2v) is 3.34. The third-order valence-corrected chi connectivity index (χ3v) is 2.24. The molecule has 0 amide bonds. The Bertz CT molecular complexity index is 187. The monoisotopic (exact) mass is 178 g/mol. The van der Waals surface area contributed by atoms with E-state index in [9.17, 15) is 0 Å². The van der Waals surface area contributed by atoms with Crippen LogP contribution in [0.2, 0.25) is 0 Å². The topological polar surface area (TPSA) is 21.6 Å². The number of nitrogens with zero attached hydrogens (tertiary/aromatic N) is 1. The first kappa shape index (κ1) is 10.1. The van der Waals surface area contributed by atoms with Crippen LogP contribution in [0.3, 0.4) is 0 Å². The third kappa shape index (κ3) is 4.57. The van der Waals surface area contributed by atoms with Gasteiger partial charge in [-0.15, -0.1) is 12.3 Å². The molecule has 1 fully saturated rings. The largest absolute Gasteiger partial charge is 0.395 e. The van der Waals surface area contributed by atoms with E-state index in [0.717, 1.165) is 0 Å². The minimum Gasteiger partial charge on any atom is -0.395 e.